The van der Waals surface area contributed by atoms with Crippen LogP contribution in [0.1, 0.15) is 11.1 Å². The average molecular weight is 374 g/mol. The Morgan fingerprint density at radius 2 is 1.96 bits per heavy atom. The highest BCUT2D eigenvalue weighted by molar-refractivity contribution is 7.99. The van der Waals surface area contributed by atoms with Crippen LogP contribution in [0.5, 0.6) is 0 Å². The van der Waals surface area contributed by atoms with Gasteiger partial charge in [-0.05, 0) is 49.2 Å². The van der Waals surface area contributed by atoms with E-state index in [0.717, 1.165) is 11.1 Å². The van der Waals surface area contributed by atoms with E-state index in [9.17, 15) is 4.79 Å². The van der Waals surface area contributed by atoms with E-state index in [2.05, 4.69) is 15.5 Å². The number of nitrogens with zero attached hydrogens (tertiary/aromatic N) is 2. The first-order chi connectivity index (χ1) is 12.0. The summed E-state index contributed by atoms with van der Waals surface area (Å²) < 4.78 is 5.62. The van der Waals surface area contributed by atoms with Gasteiger partial charge in [0.2, 0.25) is 11.8 Å². The number of halogens is 1. The minimum atomic E-state index is -0.191. The van der Waals surface area contributed by atoms with Gasteiger partial charge in [-0.15, -0.1) is 10.2 Å². The van der Waals surface area contributed by atoms with E-state index in [1.165, 1.54) is 17.3 Å². The van der Waals surface area contributed by atoms with E-state index in [4.69, 9.17) is 16.0 Å². The van der Waals surface area contributed by atoms with Gasteiger partial charge >= 0.3 is 0 Å². The maximum absolute atomic E-state index is 12.0. The summed E-state index contributed by atoms with van der Waals surface area (Å²) in [6.07, 6.45) is 0. The van der Waals surface area contributed by atoms with Crippen molar-refractivity contribution in [3.63, 3.8) is 0 Å². The van der Waals surface area contributed by atoms with Crippen LogP contribution in [-0.2, 0) is 4.79 Å². The van der Waals surface area contributed by atoms with Crippen molar-refractivity contribution < 1.29 is 9.21 Å². The highest BCUT2D eigenvalue weighted by Crippen LogP contribution is 2.25. The Balaban J connectivity index is 1.61. The zero-order valence-electron chi connectivity index (χ0n) is 13.7. The zero-order valence-corrected chi connectivity index (χ0v) is 15.3. The van der Waals surface area contributed by atoms with E-state index >= 15 is 0 Å². The number of carbonyl (C=O) groups excluding carboxylic acids is 1. The molecule has 0 spiro atoms. The quantitative estimate of drug-likeness (QED) is 0.654. The van der Waals surface area contributed by atoms with Crippen LogP contribution in [0.3, 0.4) is 0 Å². The Morgan fingerprint density at radius 3 is 2.72 bits per heavy atom. The molecule has 0 fully saturated rings. The highest BCUT2D eigenvalue weighted by atomic mass is 35.5. The fraction of sp³-hybridized carbons (Fsp3) is 0.167. The van der Waals surface area contributed by atoms with E-state index in [0.29, 0.717) is 21.8 Å². The molecule has 1 aromatic heterocycles. The number of para-hydroxylation sites is 1. The van der Waals surface area contributed by atoms with E-state index < -0.39 is 0 Å². The average Bonchev–Trinajstić information content (AvgIpc) is 3.07. The summed E-state index contributed by atoms with van der Waals surface area (Å²) in [4.78, 5) is 12.0. The summed E-state index contributed by atoms with van der Waals surface area (Å²) in [6, 6.07) is 13.0. The molecule has 0 saturated carbocycles. The summed E-state index contributed by atoms with van der Waals surface area (Å²) >= 11 is 7.20. The lowest BCUT2D eigenvalue weighted by Crippen LogP contribution is -2.14. The number of aryl methyl sites for hydroxylation is 2. The monoisotopic (exact) mass is 373 g/mol. The Bertz CT molecular complexity index is 911. The van der Waals surface area contributed by atoms with E-state index in [1.54, 1.807) is 18.2 Å². The minimum absolute atomic E-state index is 0.153. The predicted molar refractivity (Wildman–Crippen MR) is 100 cm³/mol. The van der Waals surface area contributed by atoms with E-state index in [-0.39, 0.29) is 11.7 Å². The first-order valence-electron chi connectivity index (χ1n) is 7.61. The third kappa shape index (κ3) is 4.41. The molecule has 128 valence electrons. The number of hydrogen-bond donors (Lipinski definition) is 1. The second-order valence-corrected chi connectivity index (χ2v) is 6.82. The molecule has 0 aliphatic rings. The van der Waals surface area contributed by atoms with Gasteiger partial charge in [0.25, 0.3) is 5.22 Å². The second-order valence-electron chi connectivity index (χ2n) is 5.49. The molecule has 5 nitrogen and oxygen atoms in total. The Kier molecular flexibility index (Phi) is 5.40. The molecule has 2 aromatic carbocycles. The Labute approximate surface area is 154 Å². The molecule has 0 aliphatic carbocycles. The molecule has 1 heterocycles. The number of amides is 1. The molecule has 1 N–H and O–H groups in total. The molecule has 0 atom stereocenters. The van der Waals surface area contributed by atoms with Crippen LogP contribution in [0.15, 0.2) is 52.1 Å². The van der Waals surface area contributed by atoms with Crippen LogP contribution < -0.4 is 5.32 Å². The Hall–Kier alpha value is -2.31. The van der Waals surface area contributed by atoms with Crippen LogP contribution in [0.2, 0.25) is 5.02 Å². The Morgan fingerprint density at radius 1 is 1.16 bits per heavy atom. The number of benzene rings is 2. The van der Waals surface area contributed by atoms with Crippen molar-refractivity contribution in [2.45, 2.75) is 19.1 Å². The van der Waals surface area contributed by atoms with Crippen LogP contribution in [-0.4, -0.2) is 21.9 Å². The van der Waals surface area contributed by atoms with Crippen molar-refractivity contribution >= 4 is 35.0 Å². The smallest absolute Gasteiger partial charge is 0.277 e. The summed E-state index contributed by atoms with van der Waals surface area (Å²) in [5.74, 6) is 0.404. The van der Waals surface area contributed by atoms with Crippen molar-refractivity contribution in [3.8, 4) is 11.5 Å². The summed E-state index contributed by atoms with van der Waals surface area (Å²) in [5.41, 5.74) is 3.80. The van der Waals surface area contributed by atoms with Gasteiger partial charge in [0.1, 0.15) is 0 Å². The van der Waals surface area contributed by atoms with Crippen molar-refractivity contribution in [1.29, 1.82) is 0 Å². The molecule has 0 saturated heterocycles. The fourth-order valence-electron chi connectivity index (χ4n) is 2.14. The minimum Gasteiger partial charge on any atom is -0.411 e. The largest absolute Gasteiger partial charge is 0.411 e. The van der Waals surface area contributed by atoms with Gasteiger partial charge in [0.05, 0.1) is 16.5 Å². The van der Waals surface area contributed by atoms with Crippen molar-refractivity contribution in [2.75, 3.05) is 11.1 Å². The number of aromatic nitrogens is 2. The number of thioether (sulfide) groups is 1. The molecule has 0 unspecified atom stereocenters. The van der Waals surface area contributed by atoms with Gasteiger partial charge in [0.15, 0.2) is 0 Å². The number of hydrogen-bond acceptors (Lipinski definition) is 5. The maximum atomic E-state index is 12.0. The molecule has 7 heteroatoms. The molecule has 0 bridgehead atoms. The molecule has 25 heavy (non-hydrogen) atoms. The second kappa shape index (κ2) is 7.72. The van der Waals surface area contributed by atoms with Crippen molar-refractivity contribution in [3.05, 3.63) is 58.6 Å². The molecule has 3 aromatic rings. The van der Waals surface area contributed by atoms with E-state index in [1.807, 2.05) is 38.1 Å². The zero-order chi connectivity index (χ0) is 17.8. The van der Waals surface area contributed by atoms with Crippen molar-refractivity contribution in [1.82, 2.24) is 10.2 Å². The molecule has 0 radical (unpaired) electrons. The molecular formula is C18H16ClN3O2S. The first kappa shape index (κ1) is 17.5. The molecule has 0 aliphatic heterocycles. The van der Waals surface area contributed by atoms with Crippen LogP contribution >= 0.6 is 23.4 Å². The van der Waals surface area contributed by atoms with Gasteiger partial charge in [-0.2, -0.15) is 0 Å². The summed E-state index contributed by atoms with van der Waals surface area (Å²) in [5, 5.41) is 11.6. The lowest BCUT2D eigenvalue weighted by Gasteiger charge is -2.05. The predicted octanol–water partition coefficient (Wildman–Crippen LogP) is 4.74. The highest BCUT2D eigenvalue weighted by Gasteiger charge is 2.12. The topological polar surface area (TPSA) is 68.0 Å². The lowest BCUT2D eigenvalue weighted by molar-refractivity contribution is -0.113. The number of rotatable bonds is 5. The SMILES string of the molecule is Cc1ccc(-c2nnc(SCC(=O)Nc3ccccc3Cl)o2)cc1C. The summed E-state index contributed by atoms with van der Waals surface area (Å²) in [6.45, 7) is 4.08. The molecule has 1 amide bonds. The molecule has 3 rings (SSSR count). The van der Waals surface area contributed by atoms with Gasteiger partial charge in [-0.25, -0.2) is 0 Å². The lowest BCUT2D eigenvalue weighted by atomic mass is 10.1. The summed E-state index contributed by atoms with van der Waals surface area (Å²) in [7, 11) is 0. The number of nitrogens with one attached hydrogen (secondary N) is 1. The van der Waals surface area contributed by atoms with Gasteiger partial charge in [0, 0.05) is 5.56 Å². The van der Waals surface area contributed by atoms with Crippen LogP contribution in [0, 0.1) is 13.8 Å². The maximum Gasteiger partial charge on any atom is 0.277 e. The van der Waals surface area contributed by atoms with Crippen molar-refractivity contribution in [2.24, 2.45) is 0 Å². The van der Waals surface area contributed by atoms with Gasteiger partial charge in [-0.1, -0.05) is 41.6 Å². The van der Waals surface area contributed by atoms with Gasteiger partial charge in [-0.3, -0.25) is 4.79 Å². The standard InChI is InChI=1S/C18H16ClN3O2S/c1-11-7-8-13(9-12(11)2)17-21-22-18(24-17)25-10-16(23)20-15-6-4-3-5-14(15)19/h3-9H,10H2,1-2H3,(H,20,23). The normalized spacial score (nSPS) is 10.7. The fourth-order valence-corrected chi connectivity index (χ4v) is 2.88. The van der Waals surface area contributed by atoms with Crippen LogP contribution in [0.4, 0.5) is 5.69 Å². The first-order valence-corrected chi connectivity index (χ1v) is 8.97. The van der Waals surface area contributed by atoms with Crippen LogP contribution in [0.25, 0.3) is 11.5 Å². The van der Waals surface area contributed by atoms with Gasteiger partial charge < -0.3 is 9.73 Å². The third-order valence-electron chi connectivity index (χ3n) is 3.64. The third-order valence-corrected chi connectivity index (χ3v) is 4.78. The molecular weight excluding hydrogens is 358 g/mol. The number of anilines is 1. The number of carbonyl (C=O) groups is 1.